The van der Waals surface area contributed by atoms with Gasteiger partial charge in [0, 0.05) is 37.5 Å². The van der Waals surface area contributed by atoms with Crippen molar-refractivity contribution in [1.82, 2.24) is 9.47 Å². The Morgan fingerprint density at radius 1 is 0.796 bits per heavy atom. The Kier molecular flexibility index (Phi) is 10.9. The third-order valence-electron chi connectivity index (χ3n) is 8.97. The second kappa shape index (κ2) is 15.9. The summed E-state index contributed by atoms with van der Waals surface area (Å²) in [4.78, 5) is 27.2. The molecule has 4 aromatic carbocycles. The average molecular weight is 663 g/mol. The number of carbonyl (C=O) groups excluding carboxylic acids is 2. The summed E-state index contributed by atoms with van der Waals surface area (Å²) in [6, 6.07) is 29.8. The van der Waals surface area contributed by atoms with Gasteiger partial charge in [0.05, 0.1) is 25.5 Å². The first-order valence-electron chi connectivity index (χ1n) is 16.5. The summed E-state index contributed by atoms with van der Waals surface area (Å²) in [6.45, 7) is 4.32. The van der Waals surface area contributed by atoms with Crippen molar-refractivity contribution in [1.29, 1.82) is 0 Å². The van der Waals surface area contributed by atoms with Gasteiger partial charge in [0.2, 0.25) is 0 Å². The minimum Gasteiger partial charge on any atom is -0.496 e. The fourth-order valence-corrected chi connectivity index (χ4v) is 6.51. The second-order valence-electron chi connectivity index (χ2n) is 12.1. The standard InChI is InChI=1S/C40H42N2O7/c1-45-27-49-39(43)31-13-10-28(11-14-31)24-35-33-8-4-5-9-36(33)42(26-29-12-19-34(40(44)47-3)37(25-29)46-2)38(35)30-15-17-32(18-16-30)48-23-22-41-20-6-7-21-41/h4-5,8-19,25H,6-7,20-24,26-27H2,1-3H3. The lowest BCUT2D eigenvalue weighted by Crippen LogP contribution is -2.25. The van der Waals surface area contributed by atoms with E-state index in [9.17, 15) is 9.59 Å². The first-order chi connectivity index (χ1) is 24.0. The van der Waals surface area contributed by atoms with Crippen LogP contribution in [0.1, 0.15) is 50.2 Å². The Bertz CT molecular complexity index is 1890. The van der Waals surface area contributed by atoms with Crippen LogP contribution in [-0.4, -0.2) is 75.8 Å². The van der Waals surface area contributed by atoms with E-state index < -0.39 is 11.9 Å². The zero-order chi connectivity index (χ0) is 34.2. The lowest BCUT2D eigenvalue weighted by atomic mass is 9.97. The molecule has 0 unspecified atom stereocenters. The number of fused-ring (bicyclic) bond motifs is 1. The van der Waals surface area contributed by atoms with Crippen molar-refractivity contribution in [3.63, 3.8) is 0 Å². The van der Waals surface area contributed by atoms with Crippen molar-refractivity contribution in [2.24, 2.45) is 0 Å². The molecular weight excluding hydrogens is 620 g/mol. The molecule has 0 saturated carbocycles. The second-order valence-corrected chi connectivity index (χ2v) is 12.1. The van der Waals surface area contributed by atoms with Gasteiger partial charge in [-0.2, -0.15) is 0 Å². The van der Waals surface area contributed by atoms with Crippen LogP contribution in [0.15, 0.2) is 91.0 Å². The first-order valence-corrected chi connectivity index (χ1v) is 16.5. The highest BCUT2D eigenvalue weighted by Crippen LogP contribution is 2.37. The zero-order valence-corrected chi connectivity index (χ0v) is 28.3. The molecule has 0 atom stereocenters. The van der Waals surface area contributed by atoms with E-state index in [1.165, 1.54) is 27.1 Å². The Labute approximate surface area is 286 Å². The number of nitrogens with zero attached hydrogens (tertiary/aromatic N) is 2. The Hall–Kier alpha value is -5.12. The zero-order valence-electron chi connectivity index (χ0n) is 28.3. The van der Waals surface area contributed by atoms with Crippen LogP contribution in [0.2, 0.25) is 0 Å². The molecule has 2 heterocycles. The summed E-state index contributed by atoms with van der Waals surface area (Å²) in [7, 11) is 4.39. The van der Waals surface area contributed by atoms with Gasteiger partial charge in [-0.1, -0.05) is 36.4 Å². The molecule has 0 amide bonds. The van der Waals surface area contributed by atoms with E-state index in [1.807, 2.05) is 42.5 Å². The maximum Gasteiger partial charge on any atom is 0.341 e. The van der Waals surface area contributed by atoms with Gasteiger partial charge in [-0.05, 0) is 103 Å². The van der Waals surface area contributed by atoms with Crippen LogP contribution in [-0.2, 0) is 27.2 Å². The molecular formula is C40H42N2O7. The van der Waals surface area contributed by atoms with Gasteiger partial charge < -0.3 is 28.3 Å². The third kappa shape index (κ3) is 7.80. The number of ether oxygens (including phenoxy) is 5. The summed E-state index contributed by atoms with van der Waals surface area (Å²) in [6.07, 6.45) is 3.16. The maximum absolute atomic E-state index is 12.4. The molecule has 49 heavy (non-hydrogen) atoms. The van der Waals surface area contributed by atoms with Crippen molar-refractivity contribution in [2.45, 2.75) is 25.8 Å². The molecule has 0 N–H and O–H groups in total. The first kappa shape index (κ1) is 33.8. The van der Waals surface area contributed by atoms with Crippen molar-refractivity contribution in [3.05, 3.63) is 119 Å². The van der Waals surface area contributed by atoms with Crippen LogP contribution in [0.4, 0.5) is 0 Å². The molecule has 0 aliphatic carbocycles. The lowest BCUT2D eigenvalue weighted by Gasteiger charge is -2.16. The highest BCUT2D eigenvalue weighted by molar-refractivity contribution is 5.94. The van der Waals surface area contributed by atoms with Crippen LogP contribution in [0.3, 0.4) is 0 Å². The lowest BCUT2D eigenvalue weighted by molar-refractivity contribution is -0.0125. The van der Waals surface area contributed by atoms with Crippen LogP contribution in [0.5, 0.6) is 11.5 Å². The van der Waals surface area contributed by atoms with E-state index in [0.717, 1.165) is 64.2 Å². The molecule has 6 rings (SSSR count). The topological polar surface area (TPSA) is 88.5 Å². The molecule has 254 valence electrons. The highest BCUT2D eigenvalue weighted by Gasteiger charge is 2.21. The molecule has 0 radical (unpaired) electrons. The van der Waals surface area contributed by atoms with Gasteiger partial charge in [-0.15, -0.1) is 0 Å². The van der Waals surface area contributed by atoms with Gasteiger partial charge in [-0.25, -0.2) is 9.59 Å². The molecule has 5 aromatic rings. The molecule has 9 nitrogen and oxygen atoms in total. The Balaban J connectivity index is 1.38. The maximum atomic E-state index is 12.4. The fourth-order valence-electron chi connectivity index (χ4n) is 6.51. The molecule has 1 aliphatic rings. The van der Waals surface area contributed by atoms with Crippen LogP contribution >= 0.6 is 0 Å². The van der Waals surface area contributed by atoms with Gasteiger partial charge in [0.25, 0.3) is 0 Å². The van der Waals surface area contributed by atoms with Gasteiger partial charge in [-0.3, -0.25) is 4.90 Å². The summed E-state index contributed by atoms with van der Waals surface area (Å²) in [5.74, 6) is 0.425. The van der Waals surface area contributed by atoms with Gasteiger partial charge >= 0.3 is 11.9 Å². The number of methoxy groups -OCH3 is 3. The van der Waals surface area contributed by atoms with E-state index in [4.69, 9.17) is 23.7 Å². The van der Waals surface area contributed by atoms with Gasteiger partial charge in [0.15, 0.2) is 6.79 Å². The van der Waals surface area contributed by atoms with E-state index in [2.05, 4.69) is 39.8 Å². The monoisotopic (exact) mass is 662 g/mol. The van der Waals surface area contributed by atoms with Crippen molar-refractivity contribution < 1.29 is 33.3 Å². The third-order valence-corrected chi connectivity index (χ3v) is 8.97. The quantitative estimate of drug-likeness (QED) is 0.0930. The van der Waals surface area contributed by atoms with E-state index in [1.54, 1.807) is 25.3 Å². The molecule has 1 saturated heterocycles. The fraction of sp³-hybridized carbons (Fsp3) is 0.300. The predicted octanol–water partition coefficient (Wildman–Crippen LogP) is 6.98. The summed E-state index contributed by atoms with van der Waals surface area (Å²) in [5.41, 5.74) is 7.23. The van der Waals surface area contributed by atoms with Crippen LogP contribution in [0.25, 0.3) is 22.2 Å². The largest absolute Gasteiger partial charge is 0.496 e. The van der Waals surface area contributed by atoms with Crippen LogP contribution in [0, 0.1) is 0 Å². The minimum atomic E-state index is -0.446. The predicted molar refractivity (Wildman–Crippen MR) is 189 cm³/mol. The van der Waals surface area contributed by atoms with Crippen molar-refractivity contribution >= 4 is 22.8 Å². The van der Waals surface area contributed by atoms with E-state index >= 15 is 0 Å². The van der Waals surface area contributed by atoms with E-state index in [0.29, 0.717) is 36.4 Å². The molecule has 1 aliphatic heterocycles. The molecule has 0 spiro atoms. The number of para-hydroxylation sites is 1. The number of likely N-dealkylation sites (tertiary alicyclic amines) is 1. The number of esters is 2. The van der Waals surface area contributed by atoms with E-state index in [-0.39, 0.29) is 6.79 Å². The summed E-state index contributed by atoms with van der Waals surface area (Å²) >= 11 is 0. The van der Waals surface area contributed by atoms with Crippen LogP contribution < -0.4 is 9.47 Å². The normalized spacial score (nSPS) is 13.0. The summed E-state index contributed by atoms with van der Waals surface area (Å²) in [5, 5.41) is 1.13. The summed E-state index contributed by atoms with van der Waals surface area (Å²) < 4.78 is 29.0. The molecule has 1 aromatic heterocycles. The molecule has 1 fully saturated rings. The van der Waals surface area contributed by atoms with Crippen molar-refractivity contribution in [3.8, 4) is 22.8 Å². The Morgan fingerprint density at radius 3 is 2.24 bits per heavy atom. The van der Waals surface area contributed by atoms with Gasteiger partial charge in [0.1, 0.15) is 23.7 Å². The number of hydrogen-bond donors (Lipinski definition) is 0. The average Bonchev–Trinajstić information content (AvgIpc) is 3.77. The number of rotatable bonds is 14. The SMILES string of the molecule is COCOC(=O)c1ccc(Cc2c(-c3ccc(OCCN4CCCC4)cc3)n(Cc3ccc(C(=O)OC)c(OC)c3)c3ccccc23)cc1. The minimum absolute atomic E-state index is 0.0942. The number of aromatic nitrogens is 1. The number of carbonyl (C=O) groups is 2. The smallest absolute Gasteiger partial charge is 0.341 e. The number of hydrogen-bond acceptors (Lipinski definition) is 8. The highest BCUT2D eigenvalue weighted by atomic mass is 16.7. The number of benzene rings is 4. The molecule has 0 bridgehead atoms. The Morgan fingerprint density at radius 2 is 1.53 bits per heavy atom. The molecule has 9 heteroatoms. The van der Waals surface area contributed by atoms with Crippen molar-refractivity contribution in [2.75, 3.05) is 54.4 Å².